The Hall–Kier alpha value is -1.71. The highest BCUT2D eigenvalue weighted by atomic mass is 19.1. The minimum Gasteiger partial charge on any atom is -0.366 e. The third-order valence-electron chi connectivity index (χ3n) is 1.42. The molecule has 3 nitrogen and oxygen atoms in total. The highest BCUT2D eigenvalue weighted by molar-refractivity contribution is 5.94. The molecule has 0 aromatic heterocycles. The van der Waals surface area contributed by atoms with Crippen molar-refractivity contribution < 1.29 is 14.0 Å². The van der Waals surface area contributed by atoms with Gasteiger partial charge in [0.2, 0.25) is 0 Å². The van der Waals surface area contributed by atoms with Crippen molar-refractivity contribution in [3.63, 3.8) is 0 Å². The van der Waals surface area contributed by atoms with Gasteiger partial charge < -0.3 is 5.73 Å². The van der Waals surface area contributed by atoms with Gasteiger partial charge in [0.1, 0.15) is 5.82 Å². The van der Waals surface area contributed by atoms with Crippen molar-refractivity contribution in [2.45, 2.75) is 0 Å². The number of amides is 1. The molecule has 0 aliphatic carbocycles. The Morgan fingerprint density at radius 3 is 2.67 bits per heavy atom. The van der Waals surface area contributed by atoms with E-state index in [-0.39, 0.29) is 11.1 Å². The zero-order valence-electron chi connectivity index (χ0n) is 6.08. The number of halogens is 1. The molecule has 0 spiro atoms. The first kappa shape index (κ1) is 8.39. The topological polar surface area (TPSA) is 60.2 Å². The second-order valence-corrected chi connectivity index (χ2v) is 2.19. The number of rotatable bonds is 2. The summed E-state index contributed by atoms with van der Waals surface area (Å²) in [5.41, 5.74) is 4.42. The molecular formula is C8H6FNO2. The third-order valence-corrected chi connectivity index (χ3v) is 1.42. The Morgan fingerprint density at radius 1 is 1.50 bits per heavy atom. The van der Waals surface area contributed by atoms with Crippen LogP contribution < -0.4 is 5.73 Å². The molecule has 0 saturated carbocycles. The number of carbonyl (C=O) groups excluding carboxylic acids is 2. The number of benzene rings is 1. The lowest BCUT2D eigenvalue weighted by Crippen LogP contribution is -2.13. The summed E-state index contributed by atoms with van der Waals surface area (Å²) in [6.45, 7) is 0. The largest absolute Gasteiger partial charge is 0.366 e. The average Bonchev–Trinajstić information content (AvgIpc) is 2.04. The SMILES string of the molecule is NC(=O)c1cccc(C=O)c1F. The summed E-state index contributed by atoms with van der Waals surface area (Å²) in [6, 6.07) is 3.90. The van der Waals surface area contributed by atoms with Gasteiger partial charge in [0.25, 0.3) is 5.91 Å². The molecule has 1 aromatic rings. The molecule has 0 aliphatic heterocycles. The van der Waals surface area contributed by atoms with E-state index in [2.05, 4.69) is 0 Å². The summed E-state index contributed by atoms with van der Waals surface area (Å²) >= 11 is 0. The molecule has 0 bridgehead atoms. The summed E-state index contributed by atoms with van der Waals surface area (Å²) in [4.78, 5) is 20.8. The van der Waals surface area contributed by atoms with Crippen LogP contribution in [0.5, 0.6) is 0 Å². The number of hydrogen-bond acceptors (Lipinski definition) is 2. The predicted molar refractivity (Wildman–Crippen MR) is 40.3 cm³/mol. The van der Waals surface area contributed by atoms with E-state index in [1.54, 1.807) is 0 Å². The van der Waals surface area contributed by atoms with Crippen molar-refractivity contribution in [3.05, 3.63) is 35.1 Å². The molecular weight excluding hydrogens is 161 g/mol. The molecule has 0 saturated heterocycles. The highest BCUT2D eigenvalue weighted by Crippen LogP contribution is 2.09. The first-order valence-corrected chi connectivity index (χ1v) is 3.20. The maximum Gasteiger partial charge on any atom is 0.251 e. The maximum absolute atomic E-state index is 13.0. The van der Waals surface area contributed by atoms with E-state index in [1.165, 1.54) is 18.2 Å². The number of aldehydes is 1. The van der Waals surface area contributed by atoms with E-state index < -0.39 is 11.7 Å². The highest BCUT2D eigenvalue weighted by Gasteiger charge is 2.10. The number of nitrogens with two attached hydrogens (primary N) is 1. The molecule has 1 rings (SSSR count). The lowest BCUT2D eigenvalue weighted by atomic mass is 10.1. The third kappa shape index (κ3) is 1.32. The fourth-order valence-corrected chi connectivity index (χ4v) is 0.831. The van der Waals surface area contributed by atoms with Crippen molar-refractivity contribution in [3.8, 4) is 0 Å². The fraction of sp³-hybridized carbons (Fsp3) is 0. The molecule has 0 atom stereocenters. The average molecular weight is 167 g/mol. The molecule has 1 aromatic carbocycles. The molecule has 12 heavy (non-hydrogen) atoms. The van der Waals surface area contributed by atoms with Gasteiger partial charge in [0.05, 0.1) is 11.1 Å². The molecule has 0 fully saturated rings. The number of hydrogen-bond donors (Lipinski definition) is 1. The Balaban J connectivity index is 3.32. The van der Waals surface area contributed by atoms with Crippen molar-refractivity contribution in [2.24, 2.45) is 5.73 Å². The van der Waals surface area contributed by atoms with Crippen LogP contribution >= 0.6 is 0 Å². The zero-order chi connectivity index (χ0) is 9.14. The Labute approximate surface area is 68.0 Å². The van der Waals surface area contributed by atoms with Crippen molar-refractivity contribution in [2.75, 3.05) is 0 Å². The fourth-order valence-electron chi connectivity index (χ4n) is 0.831. The first-order chi connectivity index (χ1) is 5.66. The normalized spacial score (nSPS) is 9.42. The van der Waals surface area contributed by atoms with Crippen molar-refractivity contribution in [1.29, 1.82) is 0 Å². The van der Waals surface area contributed by atoms with Crippen molar-refractivity contribution in [1.82, 2.24) is 0 Å². The zero-order valence-corrected chi connectivity index (χ0v) is 6.08. The molecule has 2 N–H and O–H groups in total. The van der Waals surface area contributed by atoms with Crippen LogP contribution in [0, 0.1) is 5.82 Å². The maximum atomic E-state index is 13.0. The minimum atomic E-state index is -0.879. The van der Waals surface area contributed by atoms with Gasteiger partial charge in [-0.15, -0.1) is 0 Å². The van der Waals surface area contributed by atoms with Crippen LogP contribution in [0.15, 0.2) is 18.2 Å². The van der Waals surface area contributed by atoms with Gasteiger partial charge in [-0.05, 0) is 12.1 Å². The monoisotopic (exact) mass is 167 g/mol. The van der Waals surface area contributed by atoms with E-state index >= 15 is 0 Å². The standard InChI is InChI=1S/C8H6FNO2/c9-7-5(4-11)2-1-3-6(7)8(10)12/h1-4H,(H2,10,12). The Bertz CT molecular complexity index is 336. The quantitative estimate of drug-likeness (QED) is 0.660. The summed E-state index contributed by atoms with van der Waals surface area (Å²) in [6.07, 6.45) is 0.335. The van der Waals surface area contributed by atoms with Gasteiger partial charge in [0, 0.05) is 0 Å². The number of primary amides is 1. The van der Waals surface area contributed by atoms with E-state index in [4.69, 9.17) is 5.73 Å². The summed E-state index contributed by atoms with van der Waals surface area (Å²) in [7, 11) is 0. The molecule has 4 heteroatoms. The molecule has 0 heterocycles. The summed E-state index contributed by atoms with van der Waals surface area (Å²) in [5.74, 6) is -1.74. The van der Waals surface area contributed by atoms with Crippen LogP contribution in [-0.4, -0.2) is 12.2 Å². The molecule has 0 unspecified atom stereocenters. The van der Waals surface area contributed by atoms with E-state index in [0.29, 0.717) is 6.29 Å². The van der Waals surface area contributed by atoms with E-state index in [1.807, 2.05) is 0 Å². The predicted octanol–water partition coefficient (Wildman–Crippen LogP) is 0.737. The number of carbonyl (C=O) groups is 2. The van der Waals surface area contributed by atoms with Crippen molar-refractivity contribution >= 4 is 12.2 Å². The van der Waals surface area contributed by atoms with Crippen LogP contribution in [0.2, 0.25) is 0 Å². The smallest absolute Gasteiger partial charge is 0.251 e. The van der Waals surface area contributed by atoms with Gasteiger partial charge in [-0.2, -0.15) is 0 Å². The summed E-state index contributed by atoms with van der Waals surface area (Å²) < 4.78 is 13.0. The van der Waals surface area contributed by atoms with Gasteiger partial charge in [-0.1, -0.05) is 6.07 Å². The second kappa shape index (κ2) is 3.13. The Kier molecular flexibility index (Phi) is 2.19. The van der Waals surface area contributed by atoms with Crippen LogP contribution in [0.4, 0.5) is 4.39 Å². The van der Waals surface area contributed by atoms with Crippen LogP contribution in [0.1, 0.15) is 20.7 Å². The minimum absolute atomic E-state index is 0.161. The van der Waals surface area contributed by atoms with Gasteiger partial charge in [0.15, 0.2) is 6.29 Å². The molecule has 0 aliphatic rings. The molecule has 1 amide bonds. The second-order valence-electron chi connectivity index (χ2n) is 2.19. The lowest BCUT2D eigenvalue weighted by Gasteiger charge is -1.98. The molecule has 0 radical (unpaired) electrons. The van der Waals surface area contributed by atoms with E-state index in [9.17, 15) is 14.0 Å². The molecule has 62 valence electrons. The van der Waals surface area contributed by atoms with Gasteiger partial charge in [-0.3, -0.25) is 9.59 Å². The van der Waals surface area contributed by atoms with Gasteiger partial charge in [-0.25, -0.2) is 4.39 Å². The van der Waals surface area contributed by atoms with Crippen LogP contribution in [-0.2, 0) is 0 Å². The van der Waals surface area contributed by atoms with E-state index in [0.717, 1.165) is 0 Å². The Morgan fingerprint density at radius 2 is 2.17 bits per heavy atom. The van der Waals surface area contributed by atoms with Gasteiger partial charge >= 0.3 is 0 Å². The summed E-state index contributed by atoms with van der Waals surface area (Å²) in [5, 5.41) is 0. The van der Waals surface area contributed by atoms with Crippen LogP contribution in [0.3, 0.4) is 0 Å². The first-order valence-electron chi connectivity index (χ1n) is 3.20. The lowest BCUT2D eigenvalue weighted by molar-refractivity contribution is 0.0996. The van der Waals surface area contributed by atoms with Crippen LogP contribution in [0.25, 0.3) is 0 Å².